The van der Waals surface area contributed by atoms with Crippen molar-refractivity contribution in [3.05, 3.63) is 29.6 Å². The highest BCUT2D eigenvalue weighted by Crippen LogP contribution is 2.18. The van der Waals surface area contributed by atoms with Gasteiger partial charge in [-0.3, -0.25) is 4.90 Å². The summed E-state index contributed by atoms with van der Waals surface area (Å²) >= 11 is 0. The number of halogens is 1. The molecule has 1 aromatic carbocycles. The Morgan fingerprint density at radius 3 is 2.88 bits per heavy atom. The standard InChI is InChI=1S/C18H29FN4O/c1-4-20-18(22-13-15-7-6-10-23(15)5-2)21-12-14-8-9-17(24-3)16(19)11-14/h8-9,11,15H,4-7,10,12-13H2,1-3H3,(H2,20,21,22). The average molecular weight is 336 g/mol. The highest BCUT2D eigenvalue weighted by atomic mass is 19.1. The van der Waals surface area contributed by atoms with Crippen LogP contribution in [0.3, 0.4) is 0 Å². The third-order valence-electron chi connectivity index (χ3n) is 4.39. The van der Waals surface area contributed by atoms with E-state index in [1.807, 2.05) is 13.0 Å². The molecule has 2 rings (SSSR count). The molecule has 1 aliphatic rings. The molecule has 0 aliphatic carbocycles. The summed E-state index contributed by atoms with van der Waals surface area (Å²) in [4.78, 5) is 7.06. The highest BCUT2D eigenvalue weighted by Gasteiger charge is 2.22. The predicted octanol–water partition coefficient (Wildman–Crippen LogP) is 2.37. The van der Waals surface area contributed by atoms with Gasteiger partial charge in [-0.2, -0.15) is 0 Å². The van der Waals surface area contributed by atoms with Crippen molar-refractivity contribution in [3.8, 4) is 5.75 Å². The summed E-state index contributed by atoms with van der Waals surface area (Å²) in [7, 11) is 1.46. The Morgan fingerprint density at radius 2 is 2.21 bits per heavy atom. The fourth-order valence-corrected chi connectivity index (χ4v) is 3.08. The smallest absolute Gasteiger partial charge is 0.191 e. The minimum Gasteiger partial charge on any atom is -0.494 e. The number of nitrogens with one attached hydrogen (secondary N) is 2. The third-order valence-corrected chi connectivity index (χ3v) is 4.39. The average Bonchev–Trinajstić information content (AvgIpc) is 3.05. The molecule has 0 bridgehead atoms. The molecule has 2 N–H and O–H groups in total. The van der Waals surface area contributed by atoms with Crippen LogP contribution in [0.4, 0.5) is 4.39 Å². The molecule has 1 fully saturated rings. The van der Waals surface area contributed by atoms with Crippen LogP contribution in [0.25, 0.3) is 0 Å². The second-order valence-corrected chi connectivity index (χ2v) is 5.97. The number of likely N-dealkylation sites (N-methyl/N-ethyl adjacent to an activating group) is 1. The topological polar surface area (TPSA) is 48.9 Å². The molecular formula is C18H29FN4O. The van der Waals surface area contributed by atoms with Gasteiger partial charge in [-0.15, -0.1) is 0 Å². The molecule has 1 aromatic rings. The van der Waals surface area contributed by atoms with Gasteiger partial charge in [0.25, 0.3) is 0 Å². The lowest BCUT2D eigenvalue weighted by Crippen LogP contribution is -2.44. The number of ether oxygens (including phenoxy) is 1. The van der Waals surface area contributed by atoms with E-state index < -0.39 is 0 Å². The van der Waals surface area contributed by atoms with Crippen LogP contribution in [-0.4, -0.2) is 50.2 Å². The van der Waals surface area contributed by atoms with Gasteiger partial charge in [0, 0.05) is 19.1 Å². The lowest BCUT2D eigenvalue weighted by atomic mass is 10.2. The summed E-state index contributed by atoms with van der Waals surface area (Å²) < 4.78 is 18.7. The third kappa shape index (κ3) is 5.09. The van der Waals surface area contributed by atoms with Crippen molar-refractivity contribution in [2.45, 2.75) is 39.3 Å². The number of hydrogen-bond acceptors (Lipinski definition) is 3. The molecule has 1 aliphatic heterocycles. The monoisotopic (exact) mass is 336 g/mol. The van der Waals surface area contributed by atoms with Crippen LogP contribution in [0.1, 0.15) is 32.3 Å². The Bertz CT molecular complexity index is 550. The van der Waals surface area contributed by atoms with Crippen molar-refractivity contribution in [1.82, 2.24) is 15.5 Å². The lowest BCUT2D eigenvalue weighted by Gasteiger charge is -2.24. The van der Waals surface area contributed by atoms with E-state index >= 15 is 0 Å². The first-order chi connectivity index (χ1) is 11.7. The zero-order valence-electron chi connectivity index (χ0n) is 14.9. The Labute approximate surface area is 144 Å². The first kappa shape index (κ1) is 18.5. The number of methoxy groups -OCH3 is 1. The maximum absolute atomic E-state index is 13.7. The zero-order valence-corrected chi connectivity index (χ0v) is 14.9. The molecule has 1 heterocycles. The maximum Gasteiger partial charge on any atom is 0.191 e. The van der Waals surface area contributed by atoms with E-state index in [4.69, 9.17) is 4.74 Å². The fourth-order valence-electron chi connectivity index (χ4n) is 3.08. The van der Waals surface area contributed by atoms with Crippen LogP contribution in [0.2, 0.25) is 0 Å². The summed E-state index contributed by atoms with van der Waals surface area (Å²) in [6, 6.07) is 5.52. The minimum atomic E-state index is -0.354. The second-order valence-electron chi connectivity index (χ2n) is 5.97. The molecule has 1 saturated heterocycles. The van der Waals surface area contributed by atoms with Gasteiger partial charge in [0.15, 0.2) is 17.5 Å². The number of rotatable bonds is 7. The highest BCUT2D eigenvalue weighted by molar-refractivity contribution is 5.79. The number of guanidine groups is 1. The normalized spacial score (nSPS) is 18.7. The molecule has 6 heteroatoms. The quantitative estimate of drug-likeness (QED) is 0.593. The van der Waals surface area contributed by atoms with E-state index in [0.717, 1.165) is 31.2 Å². The Balaban J connectivity index is 1.93. The second kappa shape index (κ2) is 9.47. The van der Waals surface area contributed by atoms with E-state index in [9.17, 15) is 4.39 Å². The van der Waals surface area contributed by atoms with E-state index in [1.165, 1.54) is 32.6 Å². The van der Waals surface area contributed by atoms with Crippen molar-refractivity contribution in [2.75, 3.05) is 33.3 Å². The van der Waals surface area contributed by atoms with Crippen LogP contribution in [0.5, 0.6) is 5.75 Å². The number of nitrogens with zero attached hydrogens (tertiary/aromatic N) is 2. The molecule has 134 valence electrons. The number of benzene rings is 1. The van der Waals surface area contributed by atoms with Crippen LogP contribution in [0.15, 0.2) is 23.2 Å². The molecule has 1 unspecified atom stereocenters. The van der Waals surface area contributed by atoms with E-state index in [2.05, 4.69) is 27.4 Å². The molecule has 0 spiro atoms. The van der Waals surface area contributed by atoms with Crippen molar-refractivity contribution in [2.24, 2.45) is 4.99 Å². The van der Waals surface area contributed by atoms with Crippen molar-refractivity contribution in [1.29, 1.82) is 0 Å². The summed E-state index contributed by atoms with van der Waals surface area (Å²) in [6.45, 7) is 8.63. The molecule has 0 radical (unpaired) electrons. The van der Waals surface area contributed by atoms with Gasteiger partial charge in [0.2, 0.25) is 0 Å². The summed E-state index contributed by atoms with van der Waals surface area (Å²) in [5, 5.41) is 6.66. The predicted molar refractivity (Wildman–Crippen MR) is 96.0 cm³/mol. The zero-order chi connectivity index (χ0) is 17.4. The van der Waals surface area contributed by atoms with Gasteiger partial charge in [0.1, 0.15) is 0 Å². The van der Waals surface area contributed by atoms with E-state index in [0.29, 0.717) is 12.6 Å². The van der Waals surface area contributed by atoms with Gasteiger partial charge in [-0.1, -0.05) is 13.0 Å². The van der Waals surface area contributed by atoms with E-state index in [1.54, 1.807) is 6.07 Å². The number of hydrogen-bond donors (Lipinski definition) is 2. The maximum atomic E-state index is 13.7. The molecular weight excluding hydrogens is 307 g/mol. The Morgan fingerprint density at radius 1 is 1.38 bits per heavy atom. The molecule has 0 aromatic heterocycles. The van der Waals surface area contributed by atoms with Gasteiger partial charge < -0.3 is 15.4 Å². The van der Waals surface area contributed by atoms with Crippen molar-refractivity contribution in [3.63, 3.8) is 0 Å². The van der Waals surface area contributed by atoms with Gasteiger partial charge in [-0.05, 0) is 50.6 Å². The van der Waals surface area contributed by atoms with Crippen LogP contribution in [0, 0.1) is 5.82 Å². The Hall–Kier alpha value is -1.82. The SMILES string of the molecule is CCNC(=NCc1ccc(OC)c(F)c1)NCC1CCCN1CC. The molecule has 0 saturated carbocycles. The van der Waals surface area contributed by atoms with E-state index in [-0.39, 0.29) is 11.6 Å². The lowest BCUT2D eigenvalue weighted by molar-refractivity contribution is 0.267. The summed E-state index contributed by atoms with van der Waals surface area (Å²) in [5.41, 5.74) is 0.821. The first-order valence-corrected chi connectivity index (χ1v) is 8.76. The summed E-state index contributed by atoms with van der Waals surface area (Å²) in [6.07, 6.45) is 2.49. The van der Waals surface area contributed by atoms with Gasteiger partial charge in [0.05, 0.1) is 13.7 Å². The molecule has 0 amide bonds. The number of aliphatic imine (C=N–C) groups is 1. The molecule has 1 atom stereocenters. The van der Waals surface area contributed by atoms with Crippen LogP contribution < -0.4 is 15.4 Å². The molecule has 24 heavy (non-hydrogen) atoms. The number of likely N-dealkylation sites (tertiary alicyclic amines) is 1. The molecule has 5 nitrogen and oxygen atoms in total. The first-order valence-electron chi connectivity index (χ1n) is 8.76. The fraction of sp³-hybridized carbons (Fsp3) is 0.611. The van der Waals surface area contributed by atoms with Crippen molar-refractivity contribution >= 4 is 5.96 Å². The van der Waals surface area contributed by atoms with Crippen LogP contribution in [-0.2, 0) is 6.54 Å². The Kier molecular flexibility index (Phi) is 7.31. The summed E-state index contributed by atoms with van der Waals surface area (Å²) in [5.74, 6) is 0.679. The van der Waals surface area contributed by atoms with Gasteiger partial charge >= 0.3 is 0 Å². The van der Waals surface area contributed by atoms with Crippen LogP contribution >= 0.6 is 0 Å². The largest absolute Gasteiger partial charge is 0.494 e. The van der Waals surface area contributed by atoms with Gasteiger partial charge in [-0.25, -0.2) is 9.38 Å². The van der Waals surface area contributed by atoms with Crippen molar-refractivity contribution < 1.29 is 9.13 Å². The minimum absolute atomic E-state index is 0.258.